The number of nitrogens with zero attached hydrogens (tertiary/aromatic N) is 2. The van der Waals surface area contributed by atoms with Crippen LogP contribution in [0.5, 0.6) is 0 Å². The second-order valence-electron chi connectivity index (χ2n) is 6.98. The van der Waals surface area contributed by atoms with Gasteiger partial charge in [-0.05, 0) is 49.8 Å². The lowest BCUT2D eigenvalue weighted by molar-refractivity contribution is 0.0952. The van der Waals surface area contributed by atoms with Crippen LogP contribution in [0, 0.1) is 0 Å². The minimum Gasteiger partial charge on any atom is -0.378 e. The lowest BCUT2D eigenvalue weighted by Crippen LogP contribution is -2.36. The van der Waals surface area contributed by atoms with Crippen molar-refractivity contribution >= 4 is 11.6 Å². The number of morpholine rings is 1. The molecule has 1 saturated heterocycles. The molecule has 0 radical (unpaired) electrons. The summed E-state index contributed by atoms with van der Waals surface area (Å²) in [6.45, 7) is 5.90. The summed E-state index contributed by atoms with van der Waals surface area (Å²) in [5.41, 5.74) is 3.17. The molecule has 0 saturated carbocycles. The summed E-state index contributed by atoms with van der Waals surface area (Å²) < 4.78 is 5.38. The van der Waals surface area contributed by atoms with E-state index in [-0.39, 0.29) is 5.91 Å². The fourth-order valence-corrected chi connectivity index (χ4v) is 3.27. The molecule has 0 bridgehead atoms. The Bertz CT molecular complexity index is 697. The molecule has 5 nitrogen and oxygen atoms in total. The Morgan fingerprint density at radius 2 is 1.78 bits per heavy atom. The van der Waals surface area contributed by atoms with Gasteiger partial charge in [-0.3, -0.25) is 4.79 Å². The molecule has 5 heteroatoms. The van der Waals surface area contributed by atoms with E-state index in [0.29, 0.717) is 12.1 Å². The summed E-state index contributed by atoms with van der Waals surface area (Å²) in [5.74, 6) is -0.00533. The van der Waals surface area contributed by atoms with Gasteiger partial charge in [0.25, 0.3) is 5.91 Å². The Kier molecular flexibility index (Phi) is 7.25. The van der Waals surface area contributed by atoms with Crippen molar-refractivity contribution in [3.63, 3.8) is 0 Å². The molecule has 0 aliphatic carbocycles. The highest BCUT2D eigenvalue weighted by Crippen LogP contribution is 2.16. The SMILES string of the molecule is CN(CCCNC(=O)c1ccc(N2CCOCC2)cc1)Cc1ccccc1. The fourth-order valence-electron chi connectivity index (χ4n) is 3.27. The van der Waals surface area contributed by atoms with Crippen molar-refractivity contribution in [2.75, 3.05) is 51.3 Å². The van der Waals surface area contributed by atoms with Gasteiger partial charge in [0.05, 0.1) is 13.2 Å². The van der Waals surface area contributed by atoms with Crippen LogP contribution in [0.3, 0.4) is 0 Å². The summed E-state index contributed by atoms with van der Waals surface area (Å²) in [7, 11) is 2.11. The number of hydrogen-bond donors (Lipinski definition) is 1. The van der Waals surface area contributed by atoms with E-state index in [1.807, 2.05) is 30.3 Å². The number of benzene rings is 2. The third-order valence-electron chi connectivity index (χ3n) is 4.80. The van der Waals surface area contributed by atoms with Crippen LogP contribution in [-0.2, 0) is 11.3 Å². The molecule has 3 rings (SSSR count). The normalized spacial score (nSPS) is 14.4. The monoisotopic (exact) mass is 367 g/mol. The molecule has 2 aromatic rings. The van der Waals surface area contributed by atoms with Gasteiger partial charge in [-0.15, -0.1) is 0 Å². The maximum atomic E-state index is 12.3. The maximum absolute atomic E-state index is 12.3. The lowest BCUT2D eigenvalue weighted by Gasteiger charge is -2.28. The third-order valence-corrected chi connectivity index (χ3v) is 4.80. The molecule has 1 N–H and O–H groups in total. The van der Waals surface area contributed by atoms with Gasteiger partial charge in [0.1, 0.15) is 0 Å². The second kappa shape index (κ2) is 10.1. The third kappa shape index (κ3) is 6.08. The molecule has 2 aromatic carbocycles. The quantitative estimate of drug-likeness (QED) is 0.729. The first kappa shape index (κ1) is 19.4. The Balaban J connectivity index is 1.37. The predicted molar refractivity (Wildman–Crippen MR) is 109 cm³/mol. The molecular weight excluding hydrogens is 338 g/mol. The van der Waals surface area contributed by atoms with Crippen molar-refractivity contribution < 1.29 is 9.53 Å². The van der Waals surface area contributed by atoms with E-state index in [1.165, 1.54) is 5.56 Å². The highest BCUT2D eigenvalue weighted by atomic mass is 16.5. The molecular formula is C22H29N3O2. The van der Waals surface area contributed by atoms with Gasteiger partial charge in [-0.1, -0.05) is 30.3 Å². The summed E-state index contributed by atoms with van der Waals surface area (Å²) >= 11 is 0. The average Bonchev–Trinajstić information content (AvgIpc) is 2.72. The maximum Gasteiger partial charge on any atom is 0.251 e. The van der Waals surface area contributed by atoms with Crippen LogP contribution in [0.4, 0.5) is 5.69 Å². The first-order chi connectivity index (χ1) is 13.2. The highest BCUT2D eigenvalue weighted by molar-refractivity contribution is 5.94. The molecule has 0 aromatic heterocycles. The van der Waals surface area contributed by atoms with Crippen LogP contribution in [0.1, 0.15) is 22.3 Å². The molecule has 27 heavy (non-hydrogen) atoms. The van der Waals surface area contributed by atoms with Crippen molar-refractivity contribution in [3.8, 4) is 0 Å². The first-order valence-electron chi connectivity index (χ1n) is 9.66. The molecule has 1 aliphatic rings. The number of anilines is 1. The number of rotatable bonds is 8. The highest BCUT2D eigenvalue weighted by Gasteiger charge is 2.12. The van der Waals surface area contributed by atoms with E-state index >= 15 is 0 Å². The van der Waals surface area contributed by atoms with Crippen LogP contribution in [0.15, 0.2) is 54.6 Å². The standard InChI is InChI=1S/C22H29N3O2/c1-24(18-19-6-3-2-4-7-19)13-5-12-23-22(26)20-8-10-21(11-9-20)25-14-16-27-17-15-25/h2-4,6-11H,5,12-18H2,1H3,(H,23,26). The van der Waals surface area contributed by atoms with Crippen molar-refractivity contribution in [2.24, 2.45) is 0 Å². The van der Waals surface area contributed by atoms with Crippen LogP contribution in [0.25, 0.3) is 0 Å². The van der Waals surface area contributed by atoms with E-state index < -0.39 is 0 Å². The number of hydrogen-bond acceptors (Lipinski definition) is 4. The van der Waals surface area contributed by atoms with Crippen LogP contribution in [0.2, 0.25) is 0 Å². The number of nitrogens with one attached hydrogen (secondary N) is 1. The summed E-state index contributed by atoms with van der Waals surface area (Å²) in [4.78, 5) is 16.9. The lowest BCUT2D eigenvalue weighted by atomic mass is 10.1. The number of ether oxygens (including phenoxy) is 1. The van der Waals surface area contributed by atoms with Crippen LogP contribution >= 0.6 is 0 Å². The van der Waals surface area contributed by atoms with Gasteiger partial charge in [0.15, 0.2) is 0 Å². The minimum atomic E-state index is -0.00533. The zero-order valence-corrected chi connectivity index (χ0v) is 16.1. The molecule has 1 aliphatic heterocycles. The van der Waals surface area contributed by atoms with Crippen LogP contribution < -0.4 is 10.2 Å². The summed E-state index contributed by atoms with van der Waals surface area (Å²) in [6.07, 6.45) is 0.931. The molecule has 0 unspecified atom stereocenters. The van der Waals surface area contributed by atoms with Crippen molar-refractivity contribution in [2.45, 2.75) is 13.0 Å². The van der Waals surface area contributed by atoms with Gasteiger partial charge in [0, 0.05) is 37.4 Å². The van der Waals surface area contributed by atoms with Crippen molar-refractivity contribution in [3.05, 3.63) is 65.7 Å². The van der Waals surface area contributed by atoms with Gasteiger partial charge in [-0.2, -0.15) is 0 Å². The predicted octanol–water partition coefficient (Wildman–Crippen LogP) is 2.78. The van der Waals surface area contributed by atoms with E-state index in [1.54, 1.807) is 0 Å². The summed E-state index contributed by atoms with van der Waals surface area (Å²) in [6, 6.07) is 18.3. The van der Waals surface area contributed by atoms with Gasteiger partial charge >= 0.3 is 0 Å². The number of amides is 1. The Hall–Kier alpha value is -2.37. The summed E-state index contributed by atoms with van der Waals surface area (Å²) in [5, 5.41) is 3.02. The zero-order chi connectivity index (χ0) is 18.9. The topological polar surface area (TPSA) is 44.8 Å². The minimum absolute atomic E-state index is 0.00533. The molecule has 1 heterocycles. The van der Waals surface area contributed by atoms with Crippen molar-refractivity contribution in [1.82, 2.24) is 10.2 Å². The Labute approximate surface area is 161 Å². The van der Waals surface area contributed by atoms with Gasteiger partial charge in [0.2, 0.25) is 0 Å². The van der Waals surface area contributed by atoms with E-state index in [4.69, 9.17) is 4.74 Å². The molecule has 144 valence electrons. The Morgan fingerprint density at radius 1 is 1.07 bits per heavy atom. The van der Waals surface area contributed by atoms with E-state index in [0.717, 1.165) is 51.5 Å². The Morgan fingerprint density at radius 3 is 2.48 bits per heavy atom. The largest absolute Gasteiger partial charge is 0.378 e. The average molecular weight is 367 g/mol. The first-order valence-corrected chi connectivity index (χ1v) is 9.66. The fraction of sp³-hybridized carbons (Fsp3) is 0.409. The molecule has 0 spiro atoms. The van der Waals surface area contributed by atoms with Crippen molar-refractivity contribution in [1.29, 1.82) is 0 Å². The second-order valence-corrected chi connectivity index (χ2v) is 6.98. The molecule has 1 fully saturated rings. The van der Waals surface area contributed by atoms with E-state index in [2.05, 4.69) is 46.4 Å². The van der Waals surface area contributed by atoms with Gasteiger partial charge < -0.3 is 19.9 Å². The smallest absolute Gasteiger partial charge is 0.251 e. The molecule has 1 amide bonds. The van der Waals surface area contributed by atoms with Gasteiger partial charge in [-0.25, -0.2) is 0 Å². The van der Waals surface area contributed by atoms with E-state index in [9.17, 15) is 4.79 Å². The number of carbonyl (C=O) groups excluding carboxylic acids is 1. The zero-order valence-electron chi connectivity index (χ0n) is 16.1. The number of carbonyl (C=O) groups is 1. The van der Waals surface area contributed by atoms with Crippen LogP contribution in [-0.4, -0.2) is 57.2 Å². The molecule has 0 atom stereocenters.